The van der Waals surface area contributed by atoms with E-state index in [1.54, 1.807) is 20.3 Å². The van der Waals surface area contributed by atoms with E-state index in [9.17, 15) is 19.2 Å². The quantitative estimate of drug-likeness (QED) is 0.458. The van der Waals surface area contributed by atoms with E-state index >= 15 is 0 Å². The molecule has 2 fully saturated rings. The zero-order valence-electron chi connectivity index (χ0n) is 21.0. The van der Waals surface area contributed by atoms with E-state index in [2.05, 4.69) is 10.6 Å². The molecule has 10 heteroatoms. The molecule has 10 nitrogen and oxygen atoms in total. The van der Waals surface area contributed by atoms with Crippen LogP contribution in [-0.2, 0) is 31.1 Å². The molecule has 2 aromatic carbocycles. The van der Waals surface area contributed by atoms with Gasteiger partial charge in [0.15, 0.2) is 11.5 Å². The number of carbonyl (C=O) groups excluding carboxylic acids is 4. The van der Waals surface area contributed by atoms with Crippen molar-refractivity contribution in [2.24, 2.45) is 17.6 Å². The molecule has 0 bridgehead atoms. The highest BCUT2D eigenvalue weighted by molar-refractivity contribution is 6.15. The topological polar surface area (TPSA) is 140 Å². The van der Waals surface area contributed by atoms with Crippen molar-refractivity contribution in [3.8, 4) is 11.5 Å². The molecule has 0 saturated carbocycles. The summed E-state index contributed by atoms with van der Waals surface area (Å²) < 4.78 is 10.7. The van der Waals surface area contributed by atoms with Gasteiger partial charge < -0.3 is 20.5 Å². The van der Waals surface area contributed by atoms with Crippen molar-refractivity contribution in [2.75, 3.05) is 26.1 Å². The number of likely N-dealkylation sites (tertiary alicyclic amines) is 1. The number of nitrogens with zero attached hydrogens (tertiary/aromatic N) is 1. The van der Waals surface area contributed by atoms with Crippen LogP contribution in [0.4, 0.5) is 5.69 Å². The van der Waals surface area contributed by atoms with Crippen LogP contribution in [0.1, 0.15) is 29.5 Å². The Hall–Kier alpha value is -3.92. The first-order valence-corrected chi connectivity index (χ1v) is 12.3. The lowest BCUT2D eigenvalue weighted by atomic mass is 9.76. The molecule has 0 aliphatic carbocycles. The van der Waals surface area contributed by atoms with Crippen LogP contribution in [0, 0.1) is 18.8 Å². The number of imide groups is 1. The van der Waals surface area contributed by atoms with Gasteiger partial charge in [0.2, 0.25) is 23.6 Å². The van der Waals surface area contributed by atoms with Crippen molar-refractivity contribution in [1.82, 2.24) is 10.2 Å². The fourth-order valence-corrected chi connectivity index (χ4v) is 6.08. The molecule has 4 amide bonds. The van der Waals surface area contributed by atoms with Crippen LogP contribution in [0.15, 0.2) is 36.4 Å². The summed E-state index contributed by atoms with van der Waals surface area (Å²) in [5.74, 6) is -2.18. The van der Waals surface area contributed by atoms with Crippen molar-refractivity contribution in [3.63, 3.8) is 0 Å². The lowest BCUT2D eigenvalue weighted by Crippen LogP contribution is -2.53. The SMILES string of the molecule is COc1ccc(CCN2C(=O)[C@H]3[C@@H](C2=O)[C@@]2(N[C@@H]3CCC(N)=O)C(=O)Nc3c(C)cccc32)cc1OC. The van der Waals surface area contributed by atoms with Crippen molar-refractivity contribution in [2.45, 2.75) is 37.8 Å². The fourth-order valence-electron chi connectivity index (χ4n) is 6.08. The van der Waals surface area contributed by atoms with Gasteiger partial charge in [-0.1, -0.05) is 24.3 Å². The van der Waals surface area contributed by atoms with Crippen molar-refractivity contribution in [1.29, 1.82) is 0 Å². The van der Waals surface area contributed by atoms with Gasteiger partial charge in [-0.2, -0.15) is 0 Å². The van der Waals surface area contributed by atoms with Crippen LogP contribution in [0.3, 0.4) is 0 Å². The molecule has 2 aromatic rings. The second-order valence-corrected chi connectivity index (χ2v) is 9.79. The summed E-state index contributed by atoms with van der Waals surface area (Å²) in [7, 11) is 3.09. The van der Waals surface area contributed by atoms with Gasteiger partial charge in [-0.05, 0) is 43.0 Å². The molecule has 1 spiro atoms. The minimum Gasteiger partial charge on any atom is -0.493 e. The Balaban J connectivity index is 1.48. The normalized spacial score (nSPS) is 25.9. The summed E-state index contributed by atoms with van der Waals surface area (Å²) in [6.07, 6.45) is 0.688. The molecule has 4 N–H and O–H groups in total. The molecule has 4 atom stereocenters. The molecule has 0 aromatic heterocycles. The number of ether oxygens (including phenoxy) is 2. The summed E-state index contributed by atoms with van der Waals surface area (Å²) in [5, 5.41) is 6.25. The third kappa shape index (κ3) is 3.74. The first-order chi connectivity index (χ1) is 17.7. The Labute approximate surface area is 214 Å². The molecule has 0 radical (unpaired) electrons. The third-order valence-corrected chi connectivity index (χ3v) is 7.82. The van der Waals surface area contributed by atoms with Crippen LogP contribution >= 0.6 is 0 Å². The maximum Gasteiger partial charge on any atom is 0.250 e. The van der Waals surface area contributed by atoms with E-state index in [1.807, 2.05) is 37.3 Å². The van der Waals surface area contributed by atoms with Crippen LogP contribution < -0.4 is 25.8 Å². The molecule has 37 heavy (non-hydrogen) atoms. The summed E-state index contributed by atoms with van der Waals surface area (Å²) in [4.78, 5) is 53.9. The first kappa shape index (κ1) is 24.8. The van der Waals surface area contributed by atoms with Gasteiger partial charge in [-0.15, -0.1) is 0 Å². The lowest BCUT2D eigenvalue weighted by molar-refractivity contribution is -0.142. The van der Waals surface area contributed by atoms with Gasteiger partial charge in [0, 0.05) is 30.3 Å². The minimum atomic E-state index is -1.39. The number of anilines is 1. The van der Waals surface area contributed by atoms with Crippen molar-refractivity contribution >= 4 is 29.3 Å². The third-order valence-electron chi connectivity index (χ3n) is 7.82. The number of hydrogen-bond acceptors (Lipinski definition) is 7. The number of para-hydroxylation sites is 1. The Kier molecular flexibility index (Phi) is 6.15. The van der Waals surface area contributed by atoms with Gasteiger partial charge in [-0.25, -0.2) is 0 Å². The number of aryl methyl sites for hydroxylation is 1. The van der Waals surface area contributed by atoms with Crippen molar-refractivity contribution < 1.29 is 28.7 Å². The number of amides is 4. The molecule has 194 valence electrons. The maximum absolute atomic E-state index is 13.9. The number of benzene rings is 2. The summed E-state index contributed by atoms with van der Waals surface area (Å²) in [6, 6.07) is 10.4. The van der Waals surface area contributed by atoms with E-state index < -0.39 is 35.2 Å². The molecular weight excluding hydrogens is 476 g/mol. The Morgan fingerprint density at radius 3 is 2.54 bits per heavy atom. The Morgan fingerprint density at radius 2 is 1.84 bits per heavy atom. The van der Waals surface area contributed by atoms with Crippen LogP contribution in [0.5, 0.6) is 11.5 Å². The molecule has 3 heterocycles. The number of methoxy groups -OCH3 is 2. The van der Waals surface area contributed by atoms with E-state index in [4.69, 9.17) is 15.2 Å². The monoisotopic (exact) mass is 506 g/mol. The number of primary amides is 1. The standard InChI is InChI=1S/C27H30N4O6/c1-14-5-4-6-16-23(14)29-26(35)27(16)22-21(17(30-27)8-10-20(28)32)24(33)31(25(22)34)12-11-15-7-9-18(36-2)19(13-15)37-3/h4-7,9,13,17,21-22,30H,8,10-12H2,1-3H3,(H2,28,32)(H,29,35)/t17-,21-,22+,27-/m1/s1. The van der Waals surface area contributed by atoms with Crippen LogP contribution in [0.2, 0.25) is 0 Å². The number of fused-ring (bicyclic) bond motifs is 4. The van der Waals surface area contributed by atoms with Gasteiger partial charge in [0.25, 0.3) is 0 Å². The van der Waals surface area contributed by atoms with Gasteiger partial charge >= 0.3 is 0 Å². The highest BCUT2D eigenvalue weighted by Crippen LogP contribution is 2.54. The zero-order chi connectivity index (χ0) is 26.5. The second kappa shape index (κ2) is 9.19. The first-order valence-electron chi connectivity index (χ1n) is 12.3. The number of nitrogens with two attached hydrogens (primary N) is 1. The lowest BCUT2D eigenvalue weighted by Gasteiger charge is -2.29. The van der Waals surface area contributed by atoms with E-state index in [0.29, 0.717) is 29.2 Å². The highest BCUT2D eigenvalue weighted by Gasteiger charge is 2.70. The summed E-state index contributed by atoms with van der Waals surface area (Å²) >= 11 is 0. The van der Waals surface area contributed by atoms with Crippen molar-refractivity contribution in [3.05, 3.63) is 53.1 Å². The molecule has 3 aliphatic rings. The second-order valence-electron chi connectivity index (χ2n) is 9.79. The molecule has 0 unspecified atom stereocenters. The number of hydrogen-bond donors (Lipinski definition) is 3. The number of carbonyl (C=O) groups is 4. The average Bonchev–Trinajstić information content (AvgIpc) is 3.46. The Morgan fingerprint density at radius 1 is 1.08 bits per heavy atom. The smallest absolute Gasteiger partial charge is 0.250 e. The van der Waals surface area contributed by atoms with Gasteiger partial charge in [-0.3, -0.25) is 29.4 Å². The zero-order valence-corrected chi connectivity index (χ0v) is 21.0. The molecule has 2 saturated heterocycles. The highest BCUT2D eigenvalue weighted by atomic mass is 16.5. The van der Waals surface area contributed by atoms with Gasteiger partial charge in [0.1, 0.15) is 5.54 Å². The predicted octanol–water partition coefficient (Wildman–Crippen LogP) is 1.24. The van der Waals surface area contributed by atoms with Gasteiger partial charge in [0.05, 0.1) is 26.1 Å². The Bertz CT molecular complexity index is 1310. The summed E-state index contributed by atoms with van der Waals surface area (Å²) in [5.41, 5.74) is 7.04. The van der Waals surface area contributed by atoms with E-state index in [0.717, 1.165) is 11.1 Å². The molecule has 5 rings (SSSR count). The largest absolute Gasteiger partial charge is 0.493 e. The average molecular weight is 507 g/mol. The van der Waals surface area contributed by atoms with E-state index in [1.165, 1.54) is 4.90 Å². The minimum absolute atomic E-state index is 0.0341. The fraction of sp³-hybridized carbons (Fsp3) is 0.407. The summed E-state index contributed by atoms with van der Waals surface area (Å²) in [6.45, 7) is 2.03. The molecule has 3 aliphatic heterocycles. The molecular formula is C27H30N4O6. The van der Waals surface area contributed by atoms with Crippen LogP contribution in [-0.4, -0.2) is 55.3 Å². The van der Waals surface area contributed by atoms with Crippen LogP contribution in [0.25, 0.3) is 0 Å². The number of nitrogens with one attached hydrogen (secondary N) is 2. The maximum atomic E-state index is 13.9. The number of rotatable bonds is 8. The predicted molar refractivity (Wildman–Crippen MR) is 134 cm³/mol. The van der Waals surface area contributed by atoms with E-state index in [-0.39, 0.29) is 31.2 Å².